The van der Waals surface area contributed by atoms with E-state index in [9.17, 15) is 18.0 Å². The highest BCUT2D eigenvalue weighted by Gasteiger charge is 2.19. The van der Waals surface area contributed by atoms with E-state index >= 15 is 0 Å². The van der Waals surface area contributed by atoms with Gasteiger partial charge in [-0.25, -0.2) is 13.4 Å². The van der Waals surface area contributed by atoms with E-state index in [0.29, 0.717) is 36.5 Å². The van der Waals surface area contributed by atoms with E-state index in [-0.39, 0.29) is 16.2 Å². The fraction of sp³-hybridized carbons (Fsp3) is 0.150. The fourth-order valence-corrected chi connectivity index (χ4v) is 4.19. The van der Waals surface area contributed by atoms with Gasteiger partial charge in [0.05, 0.1) is 16.8 Å². The molecule has 0 unspecified atom stereocenters. The van der Waals surface area contributed by atoms with E-state index in [2.05, 4.69) is 15.0 Å². The predicted molar refractivity (Wildman–Crippen MR) is 109 cm³/mol. The van der Waals surface area contributed by atoms with Crippen LogP contribution in [0.1, 0.15) is 18.4 Å². The van der Waals surface area contributed by atoms with E-state index in [1.807, 2.05) is 0 Å². The Morgan fingerprint density at radius 3 is 2.52 bits per heavy atom. The number of carbonyl (C=O) groups is 1. The highest BCUT2D eigenvalue weighted by molar-refractivity contribution is 7.92. The average Bonchev–Trinajstić information content (AvgIpc) is 2.89. The predicted octanol–water partition coefficient (Wildman–Crippen LogP) is 2.31. The summed E-state index contributed by atoms with van der Waals surface area (Å²) in [6.45, 7) is 0. The van der Waals surface area contributed by atoms with Crippen LogP contribution in [0, 0.1) is 0 Å². The second kappa shape index (κ2) is 7.51. The largest absolute Gasteiger partial charge is 0.326 e. The Bertz CT molecular complexity index is 1210. The van der Waals surface area contributed by atoms with Crippen molar-refractivity contribution in [3.05, 3.63) is 76.8 Å². The molecule has 3 heterocycles. The molecule has 29 heavy (non-hydrogen) atoms. The van der Waals surface area contributed by atoms with Gasteiger partial charge >= 0.3 is 0 Å². The molecule has 2 aromatic heterocycles. The van der Waals surface area contributed by atoms with Crippen molar-refractivity contribution in [1.29, 1.82) is 0 Å². The van der Waals surface area contributed by atoms with Crippen molar-refractivity contribution in [2.75, 3.05) is 10.0 Å². The van der Waals surface area contributed by atoms with Gasteiger partial charge in [-0.05, 0) is 48.7 Å². The number of aryl methyl sites for hydroxylation is 1. The maximum Gasteiger partial charge on any atom is 0.261 e. The average molecular weight is 410 g/mol. The van der Waals surface area contributed by atoms with Gasteiger partial charge in [0.15, 0.2) is 5.43 Å². The molecular formula is C20H18N4O4S. The first-order chi connectivity index (χ1) is 13.9. The topological polar surface area (TPSA) is 110 Å². The third-order valence-electron chi connectivity index (χ3n) is 4.57. The number of pyridine rings is 2. The molecule has 0 radical (unpaired) electrons. The second-order valence-electron chi connectivity index (χ2n) is 6.67. The SMILES string of the molecule is O=C1CCCc2cc(S(=O)(=O)Nc3ccc(-n4ccc(=O)cc4)nc3)ccc2N1. The zero-order valence-electron chi connectivity index (χ0n) is 15.3. The van der Waals surface area contributed by atoms with Crippen molar-refractivity contribution in [1.82, 2.24) is 9.55 Å². The molecule has 0 aliphatic carbocycles. The lowest BCUT2D eigenvalue weighted by Gasteiger charge is -2.12. The van der Waals surface area contributed by atoms with Crippen LogP contribution in [0.25, 0.3) is 5.82 Å². The van der Waals surface area contributed by atoms with Crippen molar-refractivity contribution in [2.24, 2.45) is 0 Å². The van der Waals surface area contributed by atoms with Crippen molar-refractivity contribution < 1.29 is 13.2 Å². The smallest absolute Gasteiger partial charge is 0.261 e. The number of aromatic nitrogens is 2. The maximum absolute atomic E-state index is 12.8. The molecule has 3 aromatic rings. The van der Waals surface area contributed by atoms with Crippen LogP contribution in [0.15, 0.2) is 70.7 Å². The zero-order chi connectivity index (χ0) is 20.4. The van der Waals surface area contributed by atoms with Crippen LogP contribution in [0.4, 0.5) is 11.4 Å². The Kier molecular flexibility index (Phi) is 4.89. The lowest BCUT2D eigenvalue weighted by molar-refractivity contribution is -0.116. The fourth-order valence-electron chi connectivity index (χ4n) is 3.10. The Balaban J connectivity index is 1.55. The minimum atomic E-state index is -3.81. The van der Waals surface area contributed by atoms with Crippen LogP contribution >= 0.6 is 0 Å². The second-order valence-corrected chi connectivity index (χ2v) is 8.35. The first-order valence-electron chi connectivity index (χ1n) is 9.01. The Labute approximate surface area is 167 Å². The van der Waals surface area contributed by atoms with Gasteiger partial charge in [-0.3, -0.25) is 14.3 Å². The standard InChI is InChI=1S/C20H18N4O4S/c25-16-8-10-24(11-9-16)19-7-4-15(13-21-19)23-29(27,28)17-5-6-18-14(12-17)2-1-3-20(26)22-18/h4-13,23H,1-3H2,(H,22,26). The molecule has 1 aliphatic heterocycles. The molecule has 148 valence electrons. The van der Waals surface area contributed by atoms with Crippen LogP contribution in [-0.4, -0.2) is 23.9 Å². The Hall–Kier alpha value is -3.46. The first kappa shape index (κ1) is 18.9. The summed E-state index contributed by atoms with van der Waals surface area (Å²) in [4.78, 5) is 27.2. The monoisotopic (exact) mass is 410 g/mol. The van der Waals surface area contributed by atoms with E-state index < -0.39 is 10.0 Å². The summed E-state index contributed by atoms with van der Waals surface area (Å²) in [6, 6.07) is 10.7. The third-order valence-corrected chi connectivity index (χ3v) is 5.95. The summed E-state index contributed by atoms with van der Waals surface area (Å²) in [5, 5.41) is 2.79. The summed E-state index contributed by atoms with van der Waals surface area (Å²) in [6.07, 6.45) is 6.31. The normalized spacial score (nSPS) is 13.9. The molecule has 0 fully saturated rings. The zero-order valence-corrected chi connectivity index (χ0v) is 16.1. The lowest BCUT2D eigenvalue weighted by Crippen LogP contribution is -2.14. The van der Waals surface area contributed by atoms with Gasteiger partial charge in [-0.2, -0.15) is 0 Å². The number of sulfonamides is 1. The number of fused-ring (bicyclic) bond motifs is 1. The summed E-state index contributed by atoms with van der Waals surface area (Å²) < 4.78 is 29.7. The maximum atomic E-state index is 12.8. The Morgan fingerprint density at radius 1 is 1.00 bits per heavy atom. The molecule has 1 amide bonds. The van der Waals surface area contributed by atoms with Crippen molar-refractivity contribution >= 4 is 27.3 Å². The first-order valence-corrected chi connectivity index (χ1v) is 10.5. The summed E-state index contributed by atoms with van der Waals surface area (Å²) in [5.74, 6) is 0.486. The number of amides is 1. The number of nitrogens with zero attached hydrogens (tertiary/aromatic N) is 2. The van der Waals surface area contributed by atoms with Crippen molar-refractivity contribution in [2.45, 2.75) is 24.2 Å². The molecule has 0 bridgehead atoms. The summed E-state index contributed by atoms with van der Waals surface area (Å²) in [5.41, 5.74) is 1.66. The van der Waals surface area contributed by atoms with Crippen molar-refractivity contribution in [3.8, 4) is 5.82 Å². The molecule has 8 nitrogen and oxygen atoms in total. The van der Waals surface area contributed by atoms with Crippen molar-refractivity contribution in [3.63, 3.8) is 0 Å². The number of carbonyl (C=O) groups excluding carboxylic acids is 1. The third kappa shape index (κ3) is 4.19. The molecule has 0 saturated carbocycles. The molecule has 2 N–H and O–H groups in total. The van der Waals surface area contributed by atoms with Gasteiger partial charge < -0.3 is 9.88 Å². The molecule has 0 saturated heterocycles. The van der Waals surface area contributed by atoms with E-state index in [0.717, 1.165) is 5.56 Å². The minimum absolute atomic E-state index is 0.0635. The molecule has 9 heteroatoms. The number of anilines is 2. The van der Waals surface area contributed by atoms with E-state index in [1.165, 1.54) is 24.4 Å². The number of hydrogen-bond donors (Lipinski definition) is 2. The van der Waals surface area contributed by atoms with Gasteiger partial charge in [-0.15, -0.1) is 0 Å². The highest BCUT2D eigenvalue weighted by atomic mass is 32.2. The number of rotatable bonds is 4. The van der Waals surface area contributed by atoms with Crippen LogP contribution < -0.4 is 15.5 Å². The quantitative estimate of drug-likeness (QED) is 0.686. The van der Waals surface area contributed by atoms with Crippen LogP contribution in [0.3, 0.4) is 0 Å². The Morgan fingerprint density at radius 2 is 1.79 bits per heavy atom. The van der Waals surface area contributed by atoms with Gasteiger partial charge in [-0.1, -0.05) is 0 Å². The number of nitrogens with one attached hydrogen (secondary N) is 2. The summed E-state index contributed by atoms with van der Waals surface area (Å²) >= 11 is 0. The molecule has 0 atom stereocenters. The van der Waals surface area contributed by atoms with Gasteiger partial charge in [0.25, 0.3) is 10.0 Å². The van der Waals surface area contributed by atoms with Gasteiger partial charge in [0.2, 0.25) is 5.91 Å². The molecule has 1 aliphatic rings. The molecular weight excluding hydrogens is 392 g/mol. The summed E-state index contributed by atoms with van der Waals surface area (Å²) in [7, 11) is -3.81. The molecule has 4 rings (SSSR count). The van der Waals surface area contributed by atoms with E-state index in [4.69, 9.17) is 0 Å². The van der Waals surface area contributed by atoms with Crippen LogP contribution in [0.2, 0.25) is 0 Å². The number of benzene rings is 1. The molecule has 0 spiro atoms. The van der Waals surface area contributed by atoms with Gasteiger partial charge in [0, 0.05) is 36.6 Å². The van der Waals surface area contributed by atoms with Crippen LogP contribution in [0.5, 0.6) is 0 Å². The highest BCUT2D eigenvalue weighted by Crippen LogP contribution is 2.26. The van der Waals surface area contributed by atoms with E-state index in [1.54, 1.807) is 41.2 Å². The lowest BCUT2D eigenvalue weighted by atomic mass is 10.1. The molecule has 1 aromatic carbocycles. The minimum Gasteiger partial charge on any atom is -0.326 e. The van der Waals surface area contributed by atoms with Crippen LogP contribution in [-0.2, 0) is 21.2 Å². The number of hydrogen-bond acceptors (Lipinski definition) is 5. The van der Waals surface area contributed by atoms with Gasteiger partial charge in [0.1, 0.15) is 5.82 Å².